The molecule has 0 spiro atoms. The minimum absolute atomic E-state index is 0.395. The maximum atomic E-state index is 12.2. The van der Waals surface area contributed by atoms with E-state index in [2.05, 4.69) is 53.3 Å². The van der Waals surface area contributed by atoms with Gasteiger partial charge in [0.15, 0.2) is 0 Å². The van der Waals surface area contributed by atoms with Crippen LogP contribution in [0.2, 0.25) is 0 Å². The Kier molecular flexibility index (Phi) is 8.55. The van der Waals surface area contributed by atoms with E-state index in [1.165, 1.54) is 13.8 Å². The lowest BCUT2D eigenvalue weighted by atomic mass is 10.2. The van der Waals surface area contributed by atoms with Crippen LogP contribution in [0.5, 0.6) is 0 Å². The van der Waals surface area contributed by atoms with Gasteiger partial charge in [0.1, 0.15) is 12.1 Å². The number of hydrazine groups is 1. The van der Waals surface area contributed by atoms with Crippen LogP contribution in [0.25, 0.3) is 0 Å². The maximum absolute atomic E-state index is 12.2. The zero-order valence-electron chi connectivity index (χ0n) is 16.2. The highest BCUT2D eigenvalue weighted by Crippen LogP contribution is 2.11. The van der Waals surface area contributed by atoms with Gasteiger partial charge in [0.2, 0.25) is 0 Å². The van der Waals surface area contributed by atoms with E-state index in [4.69, 9.17) is 0 Å². The first-order valence-corrected chi connectivity index (χ1v) is 10.5. The normalized spacial score (nSPS) is 12.3. The van der Waals surface area contributed by atoms with Crippen molar-refractivity contribution in [1.29, 1.82) is 0 Å². The molecule has 8 nitrogen and oxygen atoms in total. The monoisotopic (exact) mass is 538 g/mol. The van der Waals surface area contributed by atoms with Crippen molar-refractivity contribution < 1.29 is 19.2 Å². The van der Waals surface area contributed by atoms with Crippen molar-refractivity contribution in [2.45, 2.75) is 25.9 Å². The summed E-state index contributed by atoms with van der Waals surface area (Å²) in [5.41, 5.74) is 5.25. The molecule has 2 atom stereocenters. The lowest BCUT2D eigenvalue weighted by Crippen LogP contribution is -2.55. The van der Waals surface area contributed by atoms with Gasteiger partial charge >= 0.3 is 0 Å². The van der Waals surface area contributed by atoms with E-state index in [1.54, 1.807) is 48.5 Å². The van der Waals surface area contributed by atoms with Crippen LogP contribution >= 0.6 is 31.9 Å². The predicted molar refractivity (Wildman–Crippen MR) is 118 cm³/mol. The van der Waals surface area contributed by atoms with E-state index in [0.717, 1.165) is 8.95 Å². The first-order chi connectivity index (χ1) is 14.2. The molecule has 0 aliphatic carbocycles. The quantitative estimate of drug-likeness (QED) is 0.421. The van der Waals surface area contributed by atoms with Crippen LogP contribution in [-0.4, -0.2) is 35.7 Å². The topological polar surface area (TPSA) is 116 Å². The van der Waals surface area contributed by atoms with Gasteiger partial charge in [0, 0.05) is 20.1 Å². The Morgan fingerprint density at radius 3 is 1.23 bits per heavy atom. The summed E-state index contributed by atoms with van der Waals surface area (Å²) in [5.74, 6) is -2.07. The van der Waals surface area contributed by atoms with Crippen LogP contribution in [0.3, 0.4) is 0 Å². The highest BCUT2D eigenvalue weighted by atomic mass is 79.9. The van der Waals surface area contributed by atoms with Crippen molar-refractivity contribution in [3.63, 3.8) is 0 Å². The first kappa shape index (κ1) is 23.6. The molecule has 0 radical (unpaired) electrons. The number of nitrogens with one attached hydrogen (secondary N) is 4. The van der Waals surface area contributed by atoms with Gasteiger partial charge in [0.05, 0.1) is 0 Å². The van der Waals surface area contributed by atoms with Crippen LogP contribution in [0.4, 0.5) is 0 Å². The van der Waals surface area contributed by atoms with E-state index in [1.807, 2.05) is 0 Å². The third-order valence-corrected chi connectivity index (χ3v) is 5.06. The van der Waals surface area contributed by atoms with Gasteiger partial charge in [-0.25, -0.2) is 0 Å². The molecule has 10 heteroatoms. The zero-order chi connectivity index (χ0) is 22.3. The van der Waals surface area contributed by atoms with Crippen LogP contribution in [0, 0.1) is 0 Å². The molecule has 0 saturated heterocycles. The third kappa shape index (κ3) is 6.96. The number of carbonyl (C=O) groups excluding carboxylic acids is 4. The standard InChI is InChI=1S/C20H20Br2N4O4/c1-11(23-19(29)13-3-7-15(21)8-4-13)17(27)25-26-18(28)12(2)24-20(30)14-5-9-16(22)10-6-14/h3-12H,1-2H3,(H,23,29)(H,24,30)(H,25,27)(H,26,28)/t11-,12-/m0/s1. The number of rotatable bonds is 6. The largest absolute Gasteiger partial charge is 0.340 e. The zero-order valence-corrected chi connectivity index (χ0v) is 19.3. The summed E-state index contributed by atoms with van der Waals surface area (Å²) < 4.78 is 1.66. The van der Waals surface area contributed by atoms with Gasteiger partial charge in [0.25, 0.3) is 23.6 Å². The van der Waals surface area contributed by atoms with Crippen molar-refractivity contribution >= 4 is 55.5 Å². The summed E-state index contributed by atoms with van der Waals surface area (Å²) in [6.07, 6.45) is 0. The summed E-state index contributed by atoms with van der Waals surface area (Å²) in [7, 11) is 0. The Balaban J connectivity index is 1.80. The van der Waals surface area contributed by atoms with E-state index in [0.29, 0.717) is 11.1 Å². The molecule has 0 saturated carbocycles. The number of carbonyl (C=O) groups is 4. The highest BCUT2D eigenvalue weighted by Gasteiger charge is 2.20. The third-order valence-electron chi connectivity index (χ3n) is 4.00. The minimum Gasteiger partial charge on any atom is -0.340 e. The van der Waals surface area contributed by atoms with E-state index in [-0.39, 0.29) is 0 Å². The first-order valence-electron chi connectivity index (χ1n) is 8.90. The van der Waals surface area contributed by atoms with Crippen LogP contribution in [-0.2, 0) is 9.59 Å². The molecule has 0 aliphatic heterocycles. The van der Waals surface area contributed by atoms with Crippen molar-refractivity contribution in [3.05, 3.63) is 68.6 Å². The smallest absolute Gasteiger partial charge is 0.260 e. The summed E-state index contributed by atoms with van der Waals surface area (Å²) in [6, 6.07) is 11.5. The average Bonchev–Trinajstić information content (AvgIpc) is 2.72. The summed E-state index contributed by atoms with van der Waals surface area (Å²) in [4.78, 5) is 48.6. The Hall–Kier alpha value is -2.72. The van der Waals surface area contributed by atoms with Gasteiger partial charge in [-0.3, -0.25) is 30.0 Å². The van der Waals surface area contributed by atoms with E-state index in [9.17, 15) is 19.2 Å². The Morgan fingerprint density at radius 1 is 0.633 bits per heavy atom. The predicted octanol–water partition coefficient (Wildman–Crippen LogP) is 2.30. The van der Waals surface area contributed by atoms with Gasteiger partial charge in [-0.05, 0) is 62.4 Å². The second-order valence-corrected chi connectivity index (χ2v) is 8.21. The van der Waals surface area contributed by atoms with Crippen molar-refractivity contribution in [2.75, 3.05) is 0 Å². The van der Waals surface area contributed by atoms with Gasteiger partial charge in [-0.15, -0.1) is 0 Å². The second-order valence-electron chi connectivity index (χ2n) is 6.38. The molecule has 0 fully saturated rings. The van der Waals surface area contributed by atoms with Crippen LogP contribution in [0.15, 0.2) is 57.5 Å². The van der Waals surface area contributed by atoms with Crippen molar-refractivity contribution in [2.24, 2.45) is 0 Å². The van der Waals surface area contributed by atoms with Crippen LogP contribution in [0.1, 0.15) is 34.6 Å². The molecular formula is C20H20Br2N4O4. The molecule has 4 amide bonds. The number of amides is 4. The number of halogens is 2. The highest BCUT2D eigenvalue weighted by molar-refractivity contribution is 9.10. The molecular weight excluding hydrogens is 520 g/mol. The number of hydrogen-bond donors (Lipinski definition) is 4. The van der Waals surface area contributed by atoms with Gasteiger partial charge in [-0.2, -0.15) is 0 Å². The van der Waals surface area contributed by atoms with E-state index < -0.39 is 35.7 Å². The molecule has 2 aromatic rings. The molecule has 4 N–H and O–H groups in total. The SMILES string of the molecule is C[C@H](NC(=O)c1ccc(Br)cc1)C(=O)NNC(=O)[C@H](C)NC(=O)c1ccc(Br)cc1. The molecule has 0 aliphatic rings. The number of hydrogen-bond acceptors (Lipinski definition) is 4. The Labute approximate surface area is 190 Å². The summed E-state index contributed by atoms with van der Waals surface area (Å²) in [6.45, 7) is 2.97. The van der Waals surface area contributed by atoms with Gasteiger partial charge in [-0.1, -0.05) is 31.9 Å². The lowest BCUT2D eigenvalue weighted by Gasteiger charge is -2.17. The molecule has 2 rings (SSSR count). The molecule has 0 aromatic heterocycles. The van der Waals surface area contributed by atoms with Crippen LogP contribution < -0.4 is 21.5 Å². The van der Waals surface area contributed by atoms with Gasteiger partial charge < -0.3 is 10.6 Å². The fourth-order valence-electron chi connectivity index (χ4n) is 2.23. The van der Waals surface area contributed by atoms with Crippen molar-refractivity contribution in [1.82, 2.24) is 21.5 Å². The summed E-state index contributed by atoms with van der Waals surface area (Å²) in [5, 5.41) is 5.07. The van der Waals surface area contributed by atoms with E-state index >= 15 is 0 Å². The average molecular weight is 540 g/mol. The molecule has 0 bridgehead atoms. The minimum atomic E-state index is -0.894. The molecule has 0 heterocycles. The molecule has 2 aromatic carbocycles. The Morgan fingerprint density at radius 2 is 0.933 bits per heavy atom. The fraction of sp³-hybridized carbons (Fsp3) is 0.200. The lowest BCUT2D eigenvalue weighted by molar-refractivity contribution is -0.130. The Bertz CT molecular complexity index is 855. The number of benzene rings is 2. The second kappa shape index (κ2) is 10.9. The maximum Gasteiger partial charge on any atom is 0.260 e. The fourth-order valence-corrected chi connectivity index (χ4v) is 2.76. The van der Waals surface area contributed by atoms with Crippen molar-refractivity contribution in [3.8, 4) is 0 Å². The molecule has 0 unspecified atom stereocenters. The molecule has 30 heavy (non-hydrogen) atoms. The summed E-state index contributed by atoms with van der Waals surface area (Å²) >= 11 is 6.56. The molecule has 158 valence electrons.